The molecule has 0 amide bonds. The van der Waals surface area contributed by atoms with Crippen molar-refractivity contribution in [3.8, 4) is 17.0 Å². The first kappa shape index (κ1) is 13.6. The minimum atomic E-state index is 0.126. The van der Waals surface area contributed by atoms with Gasteiger partial charge in [0.05, 0.1) is 18.3 Å². The third-order valence-electron chi connectivity index (χ3n) is 3.56. The average Bonchev–Trinajstić information content (AvgIpc) is 3.22. The zero-order chi connectivity index (χ0) is 13.9. The maximum Gasteiger partial charge on any atom is 0.119 e. The molecule has 1 saturated carbocycles. The van der Waals surface area contributed by atoms with E-state index >= 15 is 0 Å². The van der Waals surface area contributed by atoms with Crippen molar-refractivity contribution in [3.63, 3.8) is 0 Å². The lowest BCUT2D eigenvalue weighted by Gasteiger charge is -2.06. The van der Waals surface area contributed by atoms with Crippen LogP contribution in [0.25, 0.3) is 11.3 Å². The highest BCUT2D eigenvalue weighted by Gasteiger charge is 2.31. The van der Waals surface area contributed by atoms with Crippen LogP contribution in [0.2, 0.25) is 0 Å². The number of hydrogen-bond acceptors (Lipinski definition) is 4. The first-order valence-electron chi connectivity index (χ1n) is 7.22. The molecule has 0 bridgehead atoms. The zero-order valence-electron chi connectivity index (χ0n) is 11.7. The maximum atomic E-state index is 6.20. The molecule has 1 fully saturated rings. The molecule has 20 heavy (non-hydrogen) atoms. The Hall–Kier alpha value is -1.39. The van der Waals surface area contributed by atoms with Crippen molar-refractivity contribution < 1.29 is 4.74 Å². The van der Waals surface area contributed by atoms with Gasteiger partial charge >= 0.3 is 0 Å². The minimum absolute atomic E-state index is 0.126. The third kappa shape index (κ3) is 3.02. The third-order valence-corrected chi connectivity index (χ3v) is 4.51. The molecule has 0 saturated heterocycles. The van der Waals surface area contributed by atoms with E-state index in [1.807, 2.05) is 12.1 Å². The molecule has 2 aromatic rings. The summed E-state index contributed by atoms with van der Waals surface area (Å²) in [5.41, 5.74) is 8.34. The van der Waals surface area contributed by atoms with Gasteiger partial charge in [0.25, 0.3) is 0 Å². The largest absolute Gasteiger partial charge is 0.494 e. The Balaban J connectivity index is 1.72. The van der Waals surface area contributed by atoms with Crippen LogP contribution in [0.3, 0.4) is 0 Å². The topological polar surface area (TPSA) is 48.1 Å². The van der Waals surface area contributed by atoms with E-state index in [4.69, 9.17) is 10.5 Å². The molecule has 1 heterocycles. The number of rotatable bonds is 6. The molecular weight excluding hydrogens is 268 g/mol. The Labute approximate surface area is 123 Å². The molecule has 0 radical (unpaired) electrons. The van der Waals surface area contributed by atoms with Crippen LogP contribution in [0.4, 0.5) is 0 Å². The minimum Gasteiger partial charge on any atom is -0.494 e. The summed E-state index contributed by atoms with van der Waals surface area (Å²) in [6.07, 6.45) is 3.52. The first-order valence-corrected chi connectivity index (χ1v) is 8.10. The summed E-state index contributed by atoms with van der Waals surface area (Å²) in [6.45, 7) is 2.87. The van der Waals surface area contributed by atoms with Gasteiger partial charge in [-0.3, -0.25) is 0 Å². The second-order valence-electron chi connectivity index (χ2n) is 5.31. The second kappa shape index (κ2) is 5.94. The van der Waals surface area contributed by atoms with Crippen LogP contribution in [-0.4, -0.2) is 11.6 Å². The summed E-state index contributed by atoms with van der Waals surface area (Å²) in [7, 11) is 0. The van der Waals surface area contributed by atoms with Gasteiger partial charge in [-0.1, -0.05) is 6.92 Å². The van der Waals surface area contributed by atoms with E-state index in [1.54, 1.807) is 11.3 Å². The highest BCUT2D eigenvalue weighted by Crippen LogP contribution is 2.40. The van der Waals surface area contributed by atoms with E-state index < -0.39 is 0 Å². The van der Waals surface area contributed by atoms with Gasteiger partial charge in [-0.15, -0.1) is 11.3 Å². The van der Waals surface area contributed by atoms with Crippen molar-refractivity contribution in [2.45, 2.75) is 32.2 Å². The van der Waals surface area contributed by atoms with E-state index in [-0.39, 0.29) is 6.04 Å². The van der Waals surface area contributed by atoms with Gasteiger partial charge in [-0.05, 0) is 49.4 Å². The average molecular weight is 288 g/mol. The van der Waals surface area contributed by atoms with Gasteiger partial charge in [0.15, 0.2) is 0 Å². The van der Waals surface area contributed by atoms with Crippen LogP contribution in [0.5, 0.6) is 5.75 Å². The van der Waals surface area contributed by atoms with Crippen molar-refractivity contribution in [3.05, 3.63) is 34.7 Å². The molecule has 106 valence electrons. The smallest absolute Gasteiger partial charge is 0.119 e. The molecule has 0 spiro atoms. The Kier molecular flexibility index (Phi) is 4.03. The van der Waals surface area contributed by atoms with E-state index in [0.29, 0.717) is 5.92 Å². The zero-order valence-corrected chi connectivity index (χ0v) is 12.5. The number of aromatic nitrogens is 1. The van der Waals surface area contributed by atoms with E-state index in [9.17, 15) is 0 Å². The summed E-state index contributed by atoms with van der Waals surface area (Å²) in [6, 6.07) is 8.26. The molecule has 3 nitrogen and oxygen atoms in total. The van der Waals surface area contributed by atoms with Gasteiger partial charge in [-0.2, -0.15) is 0 Å². The molecule has 4 heteroatoms. The monoisotopic (exact) mass is 288 g/mol. The standard InChI is InChI=1S/C16H20N2OS/c1-2-9-19-13-7-5-11(6-8-13)14-10-20-16(18-14)15(17)12-3-4-12/h5-8,10,12,15H,2-4,9,17H2,1H3. The number of hydrogen-bond donors (Lipinski definition) is 1. The maximum absolute atomic E-state index is 6.20. The van der Waals surface area contributed by atoms with Crippen LogP contribution >= 0.6 is 11.3 Å². The molecule has 0 aliphatic heterocycles. The molecule has 2 N–H and O–H groups in total. The van der Waals surface area contributed by atoms with Gasteiger partial charge in [-0.25, -0.2) is 4.98 Å². The predicted molar refractivity (Wildman–Crippen MR) is 83.0 cm³/mol. The fourth-order valence-electron chi connectivity index (χ4n) is 2.17. The highest BCUT2D eigenvalue weighted by molar-refractivity contribution is 7.10. The normalized spacial score (nSPS) is 16.1. The quantitative estimate of drug-likeness (QED) is 0.873. The summed E-state index contributed by atoms with van der Waals surface area (Å²) in [5, 5.41) is 3.16. The molecule has 1 unspecified atom stereocenters. The Morgan fingerprint density at radius 2 is 2.10 bits per heavy atom. The van der Waals surface area contributed by atoms with Crippen molar-refractivity contribution in [2.24, 2.45) is 11.7 Å². The SMILES string of the molecule is CCCOc1ccc(-c2csc(C(N)C3CC3)n2)cc1. The number of nitrogens with two attached hydrogens (primary N) is 1. The van der Waals surface area contributed by atoms with Crippen LogP contribution in [0.15, 0.2) is 29.6 Å². The Morgan fingerprint density at radius 1 is 1.35 bits per heavy atom. The van der Waals surface area contributed by atoms with Crippen molar-refractivity contribution in [1.29, 1.82) is 0 Å². The van der Waals surface area contributed by atoms with Crippen LogP contribution in [0, 0.1) is 5.92 Å². The number of nitrogens with zero attached hydrogens (tertiary/aromatic N) is 1. The lowest BCUT2D eigenvalue weighted by molar-refractivity contribution is 0.317. The van der Waals surface area contributed by atoms with Gasteiger partial charge < -0.3 is 10.5 Å². The summed E-state index contributed by atoms with van der Waals surface area (Å²) in [4.78, 5) is 4.69. The van der Waals surface area contributed by atoms with E-state index in [1.165, 1.54) is 12.8 Å². The lowest BCUT2D eigenvalue weighted by Crippen LogP contribution is -2.11. The number of ether oxygens (including phenoxy) is 1. The highest BCUT2D eigenvalue weighted by atomic mass is 32.1. The van der Waals surface area contributed by atoms with Crippen molar-refractivity contribution in [2.75, 3.05) is 6.61 Å². The number of thiazole rings is 1. The molecule has 1 atom stereocenters. The number of benzene rings is 1. The molecule has 3 rings (SSSR count). The summed E-state index contributed by atoms with van der Waals surface area (Å²) < 4.78 is 5.59. The van der Waals surface area contributed by atoms with Gasteiger partial charge in [0.2, 0.25) is 0 Å². The second-order valence-corrected chi connectivity index (χ2v) is 6.20. The Bertz CT molecular complexity index is 560. The molecule has 1 aromatic heterocycles. The van der Waals surface area contributed by atoms with Crippen LogP contribution in [-0.2, 0) is 0 Å². The van der Waals surface area contributed by atoms with Gasteiger partial charge in [0.1, 0.15) is 10.8 Å². The van der Waals surface area contributed by atoms with Crippen molar-refractivity contribution in [1.82, 2.24) is 4.98 Å². The fraction of sp³-hybridized carbons (Fsp3) is 0.438. The fourth-order valence-corrected chi connectivity index (χ4v) is 3.09. The van der Waals surface area contributed by atoms with Crippen molar-refractivity contribution >= 4 is 11.3 Å². The van der Waals surface area contributed by atoms with E-state index in [0.717, 1.165) is 35.0 Å². The predicted octanol–water partition coefficient (Wildman–Crippen LogP) is 4.01. The lowest BCUT2D eigenvalue weighted by atomic mass is 10.1. The Morgan fingerprint density at radius 3 is 2.75 bits per heavy atom. The van der Waals surface area contributed by atoms with Crippen LogP contribution < -0.4 is 10.5 Å². The van der Waals surface area contributed by atoms with Gasteiger partial charge in [0, 0.05) is 10.9 Å². The molecule has 1 aliphatic rings. The first-order chi connectivity index (χ1) is 9.78. The van der Waals surface area contributed by atoms with Crippen LogP contribution in [0.1, 0.15) is 37.2 Å². The molecule has 1 aliphatic carbocycles. The molecular formula is C16H20N2OS. The molecule has 1 aromatic carbocycles. The summed E-state index contributed by atoms with van der Waals surface area (Å²) in [5.74, 6) is 1.57. The summed E-state index contributed by atoms with van der Waals surface area (Å²) >= 11 is 1.67. The van der Waals surface area contributed by atoms with E-state index in [2.05, 4.69) is 29.4 Å².